The molecule has 2 saturated carbocycles. The van der Waals surface area contributed by atoms with E-state index in [9.17, 15) is 26.7 Å². The molecule has 10 heteroatoms. The van der Waals surface area contributed by atoms with E-state index in [0.29, 0.717) is 12.8 Å². The number of halogens is 5. The Hall–Kier alpha value is -2.70. The number of carbonyl (C=O) groups is 1. The molecule has 1 unspecified atom stereocenters. The van der Waals surface area contributed by atoms with Gasteiger partial charge in [0.05, 0.1) is 17.5 Å². The molecule has 1 atom stereocenters. The van der Waals surface area contributed by atoms with Gasteiger partial charge < -0.3 is 4.57 Å². The first-order chi connectivity index (χ1) is 13.9. The molecule has 4 rings (SSSR count). The summed E-state index contributed by atoms with van der Waals surface area (Å²) >= 11 is 0. The number of imidazole rings is 1. The van der Waals surface area contributed by atoms with Gasteiger partial charge in [-0.05, 0) is 45.1 Å². The summed E-state index contributed by atoms with van der Waals surface area (Å²) in [5.74, 6) is -4.40. The van der Waals surface area contributed by atoms with Crippen molar-refractivity contribution in [3.63, 3.8) is 0 Å². The third-order valence-corrected chi connectivity index (χ3v) is 6.70. The highest BCUT2D eigenvalue weighted by Crippen LogP contribution is 2.62. The van der Waals surface area contributed by atoms with Crippen molar-refractivity contribution in [2.75, 3.05) is 5.32 Å². The number of carbonyl (C=O) groups excluding carboxylic acids is 1. The zero-order chi connectivity index (χ0) is 22.1. The van der Waals surface area contributed by atoms with Crippen molar-refractivity contribution in [2.24, 2.45) is 11.3 Å². The Labute approximate surface area is 169 Å². The number of rotatable bonds is 4. The summed E-state index contributed by atoms with van der Waals surface area (Å²) in [7, 11) is 0. The maximum absolute atomic E-state index is 15.0. The van der Waals surface area contributed by atoms with Crippen molar-refractivity contribution in [3.05, 3.63) is 29.1 Å². The van der Waals surface area contributed by atoms with E-state index >= 15 is 0 Å². The summed E-state index contributed by atoms with van der Waals surface area (Å²) in [6.07, 6.45) is -2.82. The zero-order valence-electron chi connectivity index (χ0n) is 16.3. The number of anilines is 1. The molecule has 160 valence electrons. The van der Waals surface area contributed by atoms with Gasteiger partial charge in [-0.2, -0.15) is 13.2 Å². The van der Waals surface area contributed by atoms with Crippen molar-refractivity contribution in [1.82, 2.24) is 9.55 Å². The minimum absolute atomic E-state index is 0.142. The lowest BCUT2D eigenvalue weighted by molar-refractivity contribution is -0.201. The third kappa shape index (κ3) is 2.78. The molecule has 2 aliphatic carbocycles. The molecule has 5 nitrogen and oxygen atoms in total. The average Bonchev–Trinajstić information content (AvgIpc) is 3.38. The molecule has 0 spiro atoms. The van der Waals surface area contributed by atoms with Crippen LogP contribution in [-0.2, 0) is 10.3 Å². The second-order valence-electron chi connectivity index (χ2n) is 8.49. The summed E-state index contributed by atoms with van der Waals surface area (Å²) in [6, 6.07) is 0.724. The number of nitrogens with zero attached hydrogens (tertiary/aromatic N) is 3. The number of amides is 1. The fraction of sp³-hybridized carbons (Fsp3) is 0.550. The van der Waals surface area contributed by atoms with Crippen LogP contribution in [0.1, 0.15) is 46.0 Å². The maximum Gasteiger partial charge on any atom is 0.395 e. The van der Waals surface area contributed by atoms with E-state index in [-0.39, 0.29) is 29.8 Å². The Morgan fingerprint density at radius 3 is 2.40 bits per heavy atom. The van der Waals surface area contributed by atoms with E-state index in [2.05, 4.69) is 15.1 Å². The molecule has 0 saturated heterocycles. The molecule has 2 fully saturated rings. The van der Waals surface area contributed by atoms with Crippen LogP contribution in [0.3, 0.4) is 0 Å². The van der Waals surface area contributed by atoms with Crippen LogP contribution >= 0.6 is 0 Å². The van der Waals surface area contributed by atoms with Gasteiger partial charge in [0.25, 0.3) is 0 Å². The fourth-order valence-electron chi connectivity index (χ4n) is 4.33. The molecule has 0 bridgehead atoms. The quantitative estimate of drug-likeness (QED) is 0.505. The molecular weight excluding hydrogens is 407 g/mol. The summed E-state index contributed by atoms with van der Waals surface area (Å²) in [5, 5.41) is 2.39. The van der Waals surface area contributed by atoms with Gasteiger partial charge in [0.2, 0.25) is 17.5 Å². The monoisotopic (exact) mass is 426 g/mol. The first kappa shape index (κ1) is 20.6. The molecule has 1 aromatic heterocycles. The van der Waals surface area contributed by atoms with E-state index in [1.54, 1.807) is 6.92 Å². The van der Waals surface area contributed by atoms with Gasteiger partial charge in [-0.3, -0.25) is 10.1 Å². The van der Waals surface area contributed by atoms with Crippen LogP contribution in [0.2, 0.25) is 0 Å². The number of nitrogens with one attached hydrogen (secondary N) is 1. The predicted molar refractivity (Wildman–Crippen MR) is 98.9 cm³/mol. The van der Waals surface area contributed by atoms with Crippen LogP contribution in [0.25, 0.3) is 15.9 Å². The maximum atomic E-state index is 15.0. The summed E-state index contributed by atoms with van der Waals surface area (Å²) in [5.41, 5.74) is -3.93. The van der Waals surface area contributed by atoms with Crippen molar-refractivity contribution in [1.29, 1.82) is 0 Å². The van der Waals surface area contributed by atoms with Crippen molar-refractivity contribution < 1.29 is 26.7 Å². The Kier molecular flexibility index (Phi) is 4.39. The van der Waals surface area contributed by atoms with Gasteiger partial charge in [-0.15, -0.1) is 0 Å². The minimum atomic E-state index is -4.52. The largest absolute Gasteiger partial charge is 0.395 e. The number of benzene rings is 1. The molecule has 30 heavy (non-hydrogen) atoms. The smallest absolute Gasteiger partial charge is 0.303 e. The van der Waals surface area contributed by atoms with Gasteiger partial charge in [0, 0.05) is 11.5 Å². The van der Waals surface area contributed by atoms with Crippen molar-refractivity contribution in [3.8, 4) is 0 Å². The number of hydrogen-bond acceptors (Lipinski definition) is 2. The Balaban J connectivity index is 1.81. The van der Waals surface area contributed by atoms with E-state index in [1.165, 1.54) is 11.5 Å². The zero-order valence-corrected chi connectivity index (χ0v) is 16.3. The van der Waals surface area contributed by atoms with Gasteiger partial charge in [-0.25, -0.2) is 18.6 Å². The average molecular weight is 426 g/mol. The van der Waals surface area contributed by atoms with Crippen molar-refractivity contribution in [2.45, 2.75) is 57.7 Å². The second kappa shape index (κ2) is 6.40. The van der Waals surface area contributed by atoms with Gasteiger partial charge in [0.1, 0.15) is 11.3 Å². The van der Waals surface area contributed by atoms with Gasteiger partial charge in [0.15, 0.2) is 5.82 Å². The summed E-state index contributed by atoms with van der Waals surface area (Å²) in [4.78, 5) is 19.7. The van der Waals surface area contributed by atoms with Crippen LogP contribution in [0.15, 0.2) is 6.07 Å². The SMILES string of the molecule is [C-]#[N+]c1cc(F)c2nc(NC(=O)C(C)C3(C(F)(F)F)CC3)n(C3(C)CCC3)c2c1F. The van der Waals surface area contributed by atoms with E-state index in [0.717, 1.165) is 12.5 Å². The predicted octanol–water partition coefficient (Wildman–Crippen LogP) is 5.68. The van der Waals surface area contributed by atoms with Crippen LogP contribution < -0.4 is 5.32 Å². The van der Waals surface area contributed by atoms with E-state index < -0.39 is 46.3 Å². The first-order valence-electron chi connectivity index (χ1n) is 9.61. The molecule has 0 aliphatic heterocycles. The molecule has 1 N–H and O–H groups in total. The van der Waals surface area contributed by atoms with Crippen LogP contribution in [0, 0.1) is 29.5 Å². The fourth-order valence-corrected chi connectivity index (χ4v) is 4.33. The molecule has 1 amide bonds. The van der Waals surface area contributed by atoms with Crippen molar-refractivity contribution >= 4 is 28.6 Å². The first-order valence-corrected chi connectivity index (χ1v) is 9.61. The van der Waals surface area contributed by atoms with E-state index in [4.69, 9.17) is 6.57 Å². The van der Waals surface area contributed by atoms with Crippen LogP contribution in [0.5, 0.6) is 0 Å². The number of hydrogen-bond donors (Lipinski definition) is 1. The lowest BCUT2D eigenvalue weighted by Crippen LogP contribution is -2.41. The molecule has 2 aliphatic rings. The topological polar surface area (TPSA) is 51.3 Å². The lowest BCUT2D eigenvalue weighted by atomic mass is 9.78. The lowest BCUT2D eigenvalue weighted by Gasteiger charge is -2.41. The Bertz CT molecular complexity index is 1090. The minimum Gasteiger partial charge on any atom is -0.303 e. The normalized spacial score (nSPS) is 20.3. The number of aromatic nitrogens is 2. The molecular formula is C20H19F5N4O. The highest BCUT2D eigenvalue weighted by atomic mass is 19.4. The highest BCUT2D eigenvalue weighted by Gasteiger charge is 2.67. The number of fused-ring (bicyclic) bond motifs is 1. The standard InChI is InChI=1S/C20H19F5N4O/c1-10(19(7-8-19)20(23,24)25)16(30)28-17-27-14-11(21)9-12(26-3)13(22)15(14)29(17)18(2)5-4-6-18/h9-10H,4-8H2,1-2H3,(H,27,28,30). The highest BCUT2D eigenvalue weighted by molar-refractivity contribution is 5.94. The molecule has 1 aromatic carbocycles. The van der Waals surface area contributed by atoms with Crippen LogP contribution in [-0.4, -0.2) is 21.6 Å². The van der Waals surface area contributed by atoms with Gasteiger partial charge >= 0.3 is 6.18 Å². The Morgan fingerprint density at radius 1 is 1.30 bits per heavy atom. The summed E-state index contributed by atoms with van der Waals surface area (Å²) in [6.45, 7) is 10.0. The molecule has 1 heterocycles. The van der Waals surface area contributed by atoms with Gasteiger partial charge in [-0.1, -0.05) is 6.92 Å². The second-order valence-corrected chi connectivity index (χ2v) is 8.49. The molecule has 0 radical (unpaired) electrons. The molecule has 2 aromatic rings. The summed E-state index contributed by atoms with van der Waals surface area (Å²) < 4.78 is 71.0. The Morgan fingerprint density at radius 2 is 1.93 bits per heavy atom. The van der Waals surface area contributed by atoms with Crippen LogP contribution in [0.4, 0.5) is 33.6 Å². The van der Waals surface area contributed by atoms with E-state index in [1.807, 2.05) is 0 Å². The number of alkyl halides is 3. The third-order valence-electron chi connectivity index (χ3n) is 6.70.